The molecule has 0 heterocycles. The molecule has 0 aromatic heterocycles. The van der Waals surface area contributed by atoms with Gasteiger partial charge in [0.25, 0.3) is 0 Å². The van der Waals surface area contributed by atoms with Crippen molar-refractivity contribution in [2.75, 3.05) is 0 Å². The first kappa shape index (κ1) is 11.1. The predicted molar refractivity (Wildman–Crippen MR) is 66.3 cm³/mol. The van der Waals surface area contributed by atoms with Crippen molar-refractivity contribution in [1.82, 2.24) is 0 Å². The van der Waals surface area contributed by atoms with Gasteiger partial charge in [0.1, 0.15) is 4.49 Å². The van der Waals surface area contributed by atoms with E-state index >= 15 is 0 Å². The zero-order valence-corrected chi connectivity index (χ0v) is 9.15. The lowest BCUT2D eigenvalue weighted by Gasteiger charge is -2.04. The second kappa shape index (κ2) is 5.04. The maximum absolute atomic E-state index is 5.60. The molecule has 1 rings (SSSR count). The Morgan fingerprint density at radius 3 is 2.21 bits per heavy atom. The highest BCUT2D eigenvalue weighted by molar-refractivity contribution is 6.57. The highest BCUT2D eigenvalue weighted by Gasteiger charge is 2.00. The molecule has 0 bridgehead atoms. The van der Waals surface area contributed by atoms with Gasteiger partial charge in [-0.2, -0.15) is 0 Å². The summed E-state index contributed by atoms with van der Waals surface area (Å²) < 4.78 is 0.231. The van der Waals surface area contributed by atoms with Gasteiger partial charge in [0.2, 0.25) is 0 Å². The number of hydrogen-bond acceptors (Lipinski definition) is 0. The van der Waals surface area contributed by atoms with E-state index in [1.54, 1.807) is 18.2 Å². The SMILES string of the molecule is C=Cc1cccc(C=C(Cl)Cl)c1C=C. The fourth-order valence-electron chi connectivity index (χ4n) is 1.26. The van der Waals surface area contributed by atoms with Crippen LogP contribution in [0.2, 0.25) is 0 Å². The topological polar surface area (TPSA) is 0 Å². The van der Waals surface area contributed by atoms with Crippen LogP contribution in [0.4, 0.5) is 0 Å². The molecule has 2 heteroatoms. The van der Waals surface area contributed by atoms with Gasteiger partial charge in [0, 0.05) is 0 Å². The van der Waals surface area contributed by atoms with Crippen LogP contribution in [0.1, 0.15) is 16.7 Å². The maximum atomic E-state index is 5.60. The molecule has 0 aliphatic heterocycles. The van der Waals surface area contributed by atoms with Gasteiger partial charge in [0.05, 0.1) is 0 Å². The van der Waals surface area contributed by atoms with Gasteiger partial charge in [-0.15, -0.1) is 0 Å². The van der Waals surface area contributed by atoms with Gasteiger partial charge < -0.3 is 0 Å². The van der Waals surface area contributed by atoms with Crippen molar-refractivity contribution in [3.05, 3.63) is 52.5 Å². The zero-order valence-electron chi connectivity index (χ0n) is 7.63. The van der Waals surface area contributed by atoms with Crippen molar-refractivity contribution in [1.29, 1.82) is 0 Å². The third-order valence-corrected chi connectivity index (χ3v) is 2.08. The Morgan fingerprint density at radius 2 is 1.71 bits per heavy atom. The largest absolute Gasteiger partial charge is 0.107 e. The molecular formula is C12H10Cl2. The Kier molecular flexibility index (Phi) is 3.99. The Hall–Kier alpha value is -0.980. The molecule has 1 aromatic carbocycles. The third-order valence-electron chi connectivity index (χ3n) is 1.86. The molecule has 0 fully saturated rings. The van der Waals surface area contributed by atoms with Crippen LogP contribution in [0.25, 0.3) is 18.2 Å². The van der Waals surface area contributed by atoms with Gasteiger partial charge in [-0.3, -0.25) is 0 Å². The molecule has 1 aromatic rings. The summed E-state index contributed by atoms with van der Waals surface area (Å²) in [5.74, 6) is 0. The number of benzene rings is 1. The average Bonchev–Trinajstić information content (AvgIpc) is 2.16. The Bertz CT molecular complexity index is 385. The highest BCUT2D eigenvalue weighted by atomic mass is 35.5. The molecule has 0 nitrogen and oxygen atoms in total. The van der Waals surface area contributed by atoms with Crippen molar-refractivity contribution in [2.45, 2.75) is 0 Å². The average molecular weight is 225 g/mol. The Labute approximate surface area is 94.2 Å². The number of hydrogen-bond donors (Lipinski definition) is 0. The second-order valence-electron chi connectivity index (χ2n) is 2.69. The highest BCUT2D eigenvalue weighted by Crippen LogP contribution is 2.22. The molecule has 0 spiro atoms. The normalized spacial score (nSPS) is 9.29. The Morgan fingerprint density at radius 1 is 1.07 bits per heavy atom. The van der Waals surface area contributed by atoms with E-state index in [-0.39, 0.29) is 4.49 Å². The molecule has 0 saturated carbocycles. The molecule has 14 heavy (non-hydrogen) atoms. The monoisotopic (exact) mass is 224 g/mol. The van der Waals surface area contributed by atoms with E-state index in [1.165, 1.54) is 0 Å². The Balaban J connectivity index is 3.36. The predicted octanol–water partition coefficient (Wildman–Crippen LogP) is 4.75. The van der Waals surface area contributed by atoms with Crippen molar-refractivity contribution in [3.8, 4) is 0 Å². The van der Waals surface area contributed by atoms with E-state index in [0.29, 0.717) is 0 Å². The van der Waals surface area contributed by atoms with E-state index in [1.807, 2.05) is 18.2 Å². The van der Waals surface area contributed by atoms with Crippen molar-refractivity contribution in [2.24, 2.45) is 0 Å². The van der Waals surface area contributed by atoms with E-state index < -0.39 is 0 Å². The van der Waals surface area contributed by atoms with Crippen LogP contribution in [0.5, 0.6) is 0 Å². The van der Waals surface area contributed by atoms with E-state index in [2.05, 4.69) is 13.2 Å². The summed E-state index contributed by atoms with van der Waals surface area (Å²) in [4.78, 5) is 0. The third kappa shape index (κ3) is 2.50. The molecule has 0 amide bonds. The van der Waals surface area contributed by atoms with Crippen LogP contribution in [0.15, 0.2) is 35.8 Å². The van der Waals surface area contributed by atoms with E-state index in [9.17, 15) is 0 Å². The summed E-state index contributed by atoms with van der Waals surface area (Å²) in [6.07, 6.45) is 5.23. The molecule has 0 aliphatic carbocycles. The van der Waals surface area contributed by atoms with E-state index in [4.69, 9.17) is 23.2 Å². The van der Waals surface area contributed by atoms with Crippen molar-refractivity contribution < 1.29 is 0 Å². The molecular weight excluding hydrogens is 215 g/mol. The maximum Gasteiger partial charge on any atom is 0.107 e. The lowest BCUT2D eigenvalue weighted by molar-refractivity contribution is 1.58. The van der Waals surface area contributed by atoms with Crippen LogP contribution >= 0.6 is 23.2 Å². The van der Waals surface area contributed by atoms with Gasteiger partial charge in [0.15, 0.2) is 0 Å². The molecule has 0 unspecified atom stereocenters. The van der Waals surface area contributed by atoms with Crippen molar-refractivity contribution in [3.63, 3.8) is 0 Å². The molecule has 0 N–H and O–H groups in total. The van der Waals surface area contributed by atoms with Gasteiger partial charge in [-0.1, -0.05) is 66.7 Å². The summed E-state index contributed by atoms with van der Waals surface area (Å²) in [5, 5.41) is 0. The summed E-state index contributed by atoms with van der Waals surface area (Å²) in [6, 6.07) is 5.81. The molecule has 72 valence electrons. The standard InChI is InChI=1S/C12H10Cl2/c1-3-9-6-5-7-10(8-12(13)14)11(9)4-2/h3-8H,1-2H2. The fraction of sp³-hybridized carbons (Fsp3) is 0. The molecule has 0 atom stereocenters. The zero-order chi connectivity index (χ0) is 10.6. The van der Waals surface area contributed by atoms with Crippen molar-refractivity contribution >= 4 is 41.4 Å². The van der Waals surface area contributed by atoms with Gasteiger partial charge in [-0.25, -0.2) is 0 Å². The van der Waals surface area contributed by atoms with Crippen LogP contribution in [-0.4, -0.2) is 0 Å². The van der Waals surface area contributed by atoms with Gasteiger partial charge in [-0.05, 0) is 22.8 Å². The summed E-state index contributed by atoms with van der Waals surface area (Å²) >= 11 is 11.2. The summed E-state index contributed by atoms with van der Waals surface area (Å²) in [5.41, 5.74) is 2.95. The first-order valence-corrected chi connectivity index (χ1v) is 4.85. The minimum Gasteiger partial charge on any atom is -0.0984 e. The minimum atomic E-state index is 0.231. The van der Waals surface area contributed by atoms with Crippen LogP contribution < -0.4 is 0 Å². The lowest BCUT2D eigenvalue weighted by atomic mass is 10.0. The molecule has 0 aliphatic rings. The molecule has 0 saturated heterocycles. The number of rotatable bonds is 3. The van der Waals surface area contributed by atoms with Gasteiger partial charge >= 0.3 is 0 Å². The molecule has 0 radical (unpaired) electrons. The fourth-order valence-corrected chi connectivity index (χ4v) is 1.49. The summed E-state index contributed by atoms with van der Waals surface area (Å²) in [6.45, 7) is 7.47. The van der Waals surface area contributed by atoms with Crippen LogP contribution in [0.3, 0.4) is 0 Å². The summed E-state index contributed by atoms with van der Waals surface area (Å²) in [7, 11) is 0. The first-order chi connectivity index (χ1) is 6.69. The quantitative estimate of drug-likeness (QED) is 0.696. The van der Waals surface area contributed by atoms with E-state index in [0.717, 1.165) is 16.7 Å². The second-order valence-corrected chi connectivity index (χ2v) is 3.70. The number of halogens is 2. The van der Waals surface area contributed by atoms with Crippen LogP contribution in [0, 0.1) is 0 Å². The first-order valence-electron chi connectivity index (χ1n) is 4.09. The smallest absolute Gasteiger partial charge is 0.0984 e. The van der Waals surface area contributed by atoms with Crippen LogP contribution in [-0.2, 0) is 0 Å². The minimum absolute atomic E-state index is 0.231. The lowest BCUT2D eigenvalue weighted by Crippen LogP contribution is -1.85.